The Labute approximate surface area is 95.2 Å². The molecule has 14 heavy (non-hydrogen) atoms. The van der Waals surface area contributed by atoms with E-state index in [2.05, 4.69) is 27.8 Å². The molecule has 1 rings (SSSR count). The Hall–Kier alpha value is -0.0500. The van der Waals surface area contributed by atoms with Crippen molar-refractivity contribution in [2.75, 3.05) is 18.4 Å². The maximum absolute atomic E-state index is 11.7. The zero-order chi connectivity index (χ0) is 10.4. The molecule has 0 aromatic carbocycles. The fourth-order valence-corrected chi connectivity index (χ4v) is 2.70. The van der Waals surface area contributed by atoms with Crippen LogP contribution in [-0.2, 0) is 4.79 Å². The van der Waals surface area contributed by atoms with Crippen LogP contribution in [0.5, 0.6) is 0 Å². The van der Waals surface area contributed by atoms with Gasteiger partial charge in [0.05, 0.1) is 0 Å². The second kappa shape index (κ2) is 6.44. The highest BCUT2D eigenvalue weighted by molar-refractivity contribution is 9.09. The summed E-state index contributed by atoms with van der Waals surface area (Å²) >= 11 is 3.47. The lowest BCUT2D eigenvalue weighted by Gasteiger charge is -2.32. The molecule has 1 fully saturated rings. The molecule has 0 saturated carbocycles. The molecule has 2 nitrogen and oxygen atoms in total. The number of nitrogens with zero attached hydrogens (tertiary/aromatic N) is 1. The summed E-state index contributed by atoms with van der Waals surface area (Å²) in [7, 11) is 0. The number of carbonyl (C=O) groups excluding carboxylic acids is 1. The Morgan fingerprint density at radius 3 is 3.00 bits per heavy atom. The van der Waals surface area contributed by atoms with Gasteiger partial charge in [-0.3, -0.25) is 4.79 Å². The third kappa shape index (κ3) is 3.60. The number of rotatable bonds is 4. The lowest BCUT2D eigenvalue weighted by molar-refractivity contribution is -0.133. The molecule has 0 aromatic heterocycles. The predicted molar refractivity (Wildman–Crippen MR) is 62.6 cm³/mol. The minimum absolute atomic E-state index is 0.353. The second-order valence-electron chi connectivity index (χ2n) is 4.08. The van der Waals surface area contributed by atoms with Crippen molar-refractivity contribution in [3.8, 4) is 0 Å². The van der Waals surface area contributed by atoms with Gasteiger partial charge in [0.2, 0.25) is 5.91 Å². The summed E-state index contributed by atoms with van der Waals surface area (Å²) in [6, 6.07) is 0. The number of carbonyl (C=O) groups is 1. The van der Waals surface area contributed by atoms with E-state index in [1.807, 2.05) is 0 Å². The highest BCUT2D eigenvalue weighted by Gasteiger charge is 2.22. The van der Waals surface area contributed by atoms with Crippen molar-refractivity contribution < 1.29 is 4.79 Å². The number of halogens is 1. The Morgan fingerprint density at radius 1 is 1.57 bits per heavy atom. The van der Waals surface area contributed by atoms with Gasteiger partial charge >= 0.3 is 0 Å². The molecule has 0 radical (unpaired) electrons. The van der Waals surface area contributed by atoms with Gasteiger partial charge in [-0.25, -0.2) is 0 Å². The highest BCUT2D eigenvalue weighted by Crippen LogP contribution is 2.20. The molecule has 1 heterocycles. The Morgan fingerprint density at radius 2 is 2.36 bits per heavy atom. The average molecular weight is 262 g/mol. The summed E-state index contributed by atoms with van der Waals surface area (Å²) in [6.45, 7) is 4.04. The fraction of sp³-hybridized carbons (Fsp3) is 0.909. The molecule has 1 aliphatic rings. The van der Waals surface area contributed by atoms with Gasteiger partial charge in [-0.15, -0.1) is 0 Å². The summed E-state index contributed by atoms with van der Waals surface area (Å²) in [5.41, 5.74) is 0. The number of alkyl halides is 1. The molecule has 0 N–H and O–H groups in total. The monoisotopic (exact) mass is 261 g/mol. The first kappa shape index (κ1) is 12.0. The number of piperidine rings is 1. The van der Waals surface area contributed by atoms with Crippen molar-refractivity contribution in [2.24, 2.45) is 5.92 Å². The SMILES string of the molecule is CCCC(=O)N1CCCC(CCBr)C1. The first-order valence-electron chi connectivity index (χ1n) is 5.61. The van der Waals surface area contributed by atoms with E-state index < -0.39 is 0 Å². The van der Waals surface area contributed by atoms with Crippen LogP contribution in [0.4, 0.5) is 0 Å². The topological polar surface area (TPSA) is 20.3 Å². The minimum Gasteiger partial charge on any atom is -0.342 e. The van der Waals surface area contributed by atoms with E-state index in [1.165, 1.54) is 19.3 Å². The predicted octanol–water partition coefficient (Wildman–Crippen LogP) is 2.81. The number of amides is 1. The minimum atomic E-state index is 0.353. The van der Waals surface area contributed by atoms with Crippen molar-refractivity contribution in [3.05, 3.63) is 0 Å². The summed E-state index contributed by atoms with van der Waals surface area (Å²) < 4.78 is 0. The molecule has 82 valence electrons. The maximum Gasteiger partial charge on any atom is 0.222 e. The fourth-order valence-electron chi connectivity index (χ4n) is 2.05. The molecule has 1 atom stereocenters. The Bertz CT molecular complexity index is 182. The van der Waals surface area contributed by atoms with Crippen LogP contribution in [0.3, 0.4) is 0 Å². The highest BCUT2D eigenvalue weighted by atomic mass is 79.9. The van der Waals surface area contributed by atoms with E-state index in [0.717, 1.165) is 37.2 Å². The first-order valence-corrected chi connectivity index (χ1v) is 6.73. The normalized spacial score (nSPS) is 22.4. The van der Waals surface area contributed by atoms with Gasteiger partial charge < -0.3 is 4.90 Å². The molecule has 1 aliphatic heterocycles. The van der Waals surface area contributed by atoms with Crippen LogP contribution in [0.15, 0.2) is 0 Å². The summed E-state index contributed by atoms with van der Waals surface area (Å²) in [4.78, 5) is 13.7. The van der Waals surface area contributed by atoms with E-state index >= 15 is 0 Å². The largest absolute Gasteiger partial charge is 0.342 e. The molecule has 0 spiro atoms. The van der Waals surface area contributed by atoms with Gasteiger partial charge in [0.25, 0.3) is 0 Å². The number of hydrogen-bond acceptors (Lipinski definition) is 1. The molecular formula is C11H20BrNO. The van der Waals surface area contributed by atoms with Gasteiger partial charge in [0.1, 0.15) is 0 Å². The molecule has 3 heteroatoms. The third-order valence-corrected chi connectivity index (χ3v) is 3.31. The second-order valence-corrected chi connectivity index (χ2v) is 4.87. The lowest BCUT2D eigenvalue weighted by atomic mass is 9.95. The van der Waals surface area contributed by atoms with Crippen LogP contribution in [0, 0.1) is 5.92 Å². The van der Waals surface area contributed by atoms with E-state index in [9.17, 15) is 4.79 Å². The molecule has 1 unspecified atom stereocenters. The van der Waals surface area contributed by atoms with Gasteiger partial charge in [0.15, 0.2) is 0 Å². The standard InChI is InChI=1S/C11H20BrNO/c1-2-4-11(14)13-8-3-5-10(9-13)6-7-12/h10H,2-9H2,1H3. The summed E-state index contributed by atoms with van der Waals surface area (Å²) in [5.74, 6) is 1.08. The van der Waals surface area contributed by atoms with E-state index in [0.29, 0.717) is 5.91 Å². The molecule has 1 amide bonds. The van der Waals surface area contributed by atoms with Crippen LogP contribution < -0.4 is 0 Å². The van der Waals surface area contributed by atoms with Crippen molar-refractivity contribution in [1.82, 2.24) is 4.90 Å². The number of likely N-dealkylation sites (tertiary alicyclic amines) is 1. The van der Waals surface area contributed by atoms with Crippen LogP contribution in [0.1, 0.15) is 39.0 Å². The van der Waals surface area contributed by atoms with Crippen LogP contribution in [0.2, 0.25) is 0 Å². The smallest absolute Gasteiger partial charge is 0.222 e. The van der Waals surface area contributed by atoms with Crippen LogP contribution in [0.25, 0.3) is 0 Å². The summed E-state index contributed by atoms with van der Waals surface area (Å²) in [6.07, 6.45) is 5.38. The van der Waals surface area contributed by atoms with Gasteiger partial charge in [-0.1, -0.05) is 22.9 Å². The van der Waals surface area contributed by atoms with Gasteiger partial charge in [-0.2, -0.15) is 0 Å². The van der Waals surface area contributed by atoms with E-state index in [1.54, 1.807) is 0 Å². The molecule has 0 aliphatic carbocycles. The lowest BCUT2D eigenvalue weighted by Crippen LogP contribution is -2.39. The van der Waals surface area contributed by atoms with Crippen molar-refractivity contribution in [3.63, 3.8) is 0 Å². The zero-order valence-electron chi connectivity index (χ0n) is 8.97. The average Bonchev–Trinajstić information content (AvgIpc) is 2.19. The molecular weight excluding hydrogens is 242 g/mol. The molecule has 1 saturated heterocycles. The summed E-state index contributed by atoms with van der Waals surface area (Å²) in [5, 5.41) is 1.06. The van der Waals surface area contributed by atoms with E-state index in [-0.39, 0.29) is 0 Å². The zero-order valence-corrected chi connectivity index (χ0v) is 10.6. The Balaban J connectivity index is 2.35. The van der Waals surface area contributed by atoms with Crippen molar-refractivity contribution in [2.45, 2.75) is 39.0 Å². The van der Waals surface area contributed by atoms with Gasteiger partial charge in [0, 0.05) is 24.8 Å². The molecule has 0 aromatic rings. The van der Waals surface area contributed by atoms with Gasteiger partial charge in [-0.05, 0) is 31.6 Å². The first-order chi connectivity index (χ1) is 6.77. The van der Waals surface area contributed by atoms with Crippen LogP contribution >= 0.6 is 15.9 Å². The third-order valence-electron chi connectivity index (χ3n) is 2.85. The van der Waals surface area contributed by atoms with E-state index in [4.69, 9.17) is 0 Å². The van der Waals surface area contributed by atoms with Crippen molar-refractivity contribution >= 4 is 21.8 Å². The van der Waals surface area contributed by atoms with Crippen LogP contribution in [-0.4, -0.2) is 29.2 Å². The number of hydrogen-bond donors (Lipinski definition) is 0. The molecule has 0 bridgehead atoms. The quantitative estimate of drug-likeness (QED) is 0.713. The Kier molecular flexibility index (Phi) is 5.53. The van der Waals surface area contributed by atoms with Crippen molar-refractivity contribution in [1.29, 1.82) is 0 Å². The maximum atomic E-state index is 11.7.